The Hall–Kier alpha value is -3.15. The predicted octanol–water partition coefficient (Wildman–Crippen LogP) is 2.66. The van der Waals surface area contributed by atoms with Crippen molar-refractivity contribution in [2.45, 2.75) is 38.0 Å². The van der Waals surface area contributed by atoms with Crippen LogP contribution in [0.4, 0.5) is 26.3 Å². The minimum atomic E-state index is -5.04. The number of piperazine rings is 1. The molecule has 0 bridgehead atoms. The van der Waals surface area contributed by atoms with Gasteiger partial charge < -0.3 is 20.3 Å². The summed E-state index contributed by atoms with van der Waals surface area (Å²) in [4.78, 5) is 1.88. The average Bonchev–Trinajstić information content (AvgIpc) is 2.96. The van der Waals surface area contributed by atoms with Gasteiger partial charge in [-0.1, -0.05) is 18.2 Å². The van der Waals surface area contributed by atoms with Gasteiger partial charge in [0, 0.05) is 50.8 Å². The van der Waals surface area contributed by atoms with Crippen molar-refractivity contribution in [2.24, 2.45) is 0 Å². The number of hydrogen-bond acceptors (Lipinski definition) is 7. The van der Waals surface area contributed by atoms with Gasteiger partial charge in [-0.2, -0.15) is 30.6 Å². The Morgan fingerprint density at radius 2 is 1.62 bits per heavy atom. The van der Waals surface area contributed by atoms with Crippen LogP contribution in [0.15, 0.2) is 60.0 Å². The normalized spacial score (nSPS) is 25.4. The molecule has 3 atom stereocenters. The van der Waals surface area contributed by atoms with Gasteiger partial charge >= 0.3 is 12.4 Å². The zero-order valence-corrected chi connectivity index (χ0v) is 25.2. The highest BCUT2D eigenvalue weighted by molar-refractivity contribution is 7.88. The summed E-state index contributed by atoms with van der Waals surface area (Å²) < 4.78 is 114. The van der Waals surface area contributed by atoms with Crippen molar-refractivity contribution in [3.8, 4) is 0 Å². The number of ether oxygens (including phenoxy) is 1. The predicted molar refractivity (Wildman–Crippen MR) is 153 cm³/mol. The maximum absolute atomic E-state index is 14.5. The van der Waals surface area contributed by atoms with Gasteiger partial charge in [-0.05, 0) is 42.3 Å². The number of halogens is 6. The van der Waals surface area contributed by atoms with E-state index in [9.17, 15) is 40.0 Å². The molecule has 3 aliphatic rings. The van der Waals surface area contributed by atoms with Crippen LogP contribution in [0.25, 0.3) is 5.70 Å². The number of quaternary nitrogens is 1. The first-order chi connectivity index (χ1) is 21.0. The van der Waals surface area contributed by atoms with Gasteiger partial charge in [-0.25, -0.2) is 8.42 Å². The lowest BCUT2D eigenvalue weighted by Crippen LogP contribution is -3.09. The van der Waals surface area contributed by atoms with Crippen LogP contribution in [-0.2, 0) is 33.5 Å². The summed E-state index contributed by atoms with van der Waals surface area (Å²) in [5, 5.41) is 20.1. The lowest BCUT2D eigenvalue weighted by atomic mass is 9.93. The van der Waals surface area contributed by atoms with Gasteiger partial charge in [0.25, 0.3) is 0 Å². The molecule has 2 aromatic rings. The van der Waals surface area contributed by atoms with Gasteiger partial charge in [0.15, 0.2) is 12.1 Å². The van der Waals surface area contributed by atoms with E-state index in [0.717, 1.165) is 11.8 Å². The summed E-state index contributed by atoms with van der Waals surface area (Å²) >= 11 is 0. The number of nitrogens with zero attached hydrogens (tertiary/aromatic N) is 2. The van der Waals surface area contributed by atoms with Crippen molar-refractivity contribution >= 4 is 15.7 Å². The Kier molecular flexibility index (Phi) is 9.28. The quantitative estimate of drug-likeness (QED) is 0.335. The second kappa shape index (κ2) is 12.6. The molecular weight excluding hydrogens is 628 g/mol. The van der Waals surface area contributed by atoms with E-state index in [4.69, 9.17) is 4.74 Å². The van der Waals surface area contributed by atoms with E-state index in [1.54, 1.807) is 37.3 Å². The SMILES string of the molecule is Cc1ccccc1/C1=C/C(N2CCN(S(C)(=O)=O)CC2)OC2=C(CNCN2)C(Cc2cc(C(F)(F)F)cc(C(F)(F)F)c2)[NH+]1[O-]. The highest BCUT2D eigenvalue weighted by Gasteiger charge is 2.40. The van der Waals surface area contributed by atoms with E-state index in [2.05, 4.69) is 10.6 Å². The molecule has 246 valence electrons. The number of nitrogens with one attached hydrogen (secondary N) is 3. The first kappa shape index (κ1) is 33.2. The van der Waals surface area contributed by atoms with Crippen molar-refractivity contribution in [2.75, 3.05) is 45.6 Å². The summed E-state index contributed by atoms with van der Waals surface area (Å²) in [5.74, 6) is 0.200. The fraction of sp³-hybridized carbons (Fsp3) is 0.448. The van der Waals surface area contributed by atoms with Crippen LogP contribution in [0, 0.1) is 12.1 Å². The molecule has 1 fully saturated rings. The Morgan fingerprint density at radius 3 is 2.20 bits per heavy atom. The van der Waals surface area contributed by atoms with Crippen LogP contribution in [0.3, 0.4) is 0 Å². The van der Waals surface area contributed by atoms with Gasteiger partial charge in [0.2, 0.25) is 10.0 Å². The van der Waals surface area contributed by atoms with Crippen LogP contribution in [0.2, 0.25) is 0 Å². The second-order valence-corrected chi connectivity index (χ2v) is 13.3. The lowest BCUT2D eigenvalue weighted by Gasteiger charge is -2.43. The van der Waals surface area contributed by atoms with E-state index >= 15 is 0 Å². The maximum Gasteiger partial charge on any atom is 0.416 e. The van der Waals surface area contributed by atoms with E-state index in [0.29, 0.717) is 23.3 Å². The molecule has 2 aromatic carbocycles. The van der Waals surface area contributed by atoms with Crippen LogP contribution in [-0.4, -0.2) is 75.5 Å². The molecule has 0 aromatic heterocycles. The molecule has 1 saturated heterocycles. The van der Waals surface area contributed by atoms with Gasteiger partial charge in [0.1, 0.15) is 11.7 Å². The van der Waals surface area contributed by atoms with E-state index < -0.39 is 57.3 Å². The first-order valence-corrected chi connectivity index (χ1v) is 16.0. The summed E-state index contributed by atoms with van der Waals surface area (Å²) in [6.45, 7) is 3.09. The molecule has 9 nitrogen and oxygen atoms in total. The minimum Gasteiger partial charge on any atom is -0.628 e. The standard InChI is InChI=1S/C29H33F6N5O4S/c1-18-5-3-4-6-22(18)25-15-26(38-7-9-39(10-8-38)45(2,42)43)44-27-23(16-36-17-37-27)24(40(25)41)13-19-11-20(28(30,31)32)14-21(12-19)29(33,34)35/h3-6,11-12,14-15,24,26,36-37,40H,7-10,13,16-17H2,1-2H3/b25-15-. The number of hydrogen-bond donors (Lipinski definition) is 3. The molecule has 0 spiro atoms. The number of benzene rings is 2. The van der Waals surface area contributed by atoms with E-state index in [-0.39, 0.29) is 62.6 Å². The molecule has 0 amide bonds. The molecule has 0 aliphatic carbocycles. The van der Waals surface area contributed by atoms with Gasteiger partial charge in [0.05, 0.1) is 29.6 Å². The zero-order valence-electron chi connectivity index (χ0n) is 24.4. The Labute approximate surface area is 256 Å². The fourth-order valence-corrected chi connectivity index (χ4v) is 6.64. The zero-order chi connectivity index (χ0) is 32.7. The molecule has 0 radical (unpaired) electrons. The number of aryl methyl sites for hydroxylation is 1. The number of alkyl halides is 6. The number of hydroxylamine groups is 2. The summed E-state index contributed by atoms with van der Waals surface area (Å²) in [5.41, 5.74) is -1.39. The van der Waals surface area contributed by atoms with Crippen LogP contribution >= 0.6 is 0 Å². The topological polar surface area (TPSA) is 101 Å². The van der Waals surface area contributed by atoms with Crippen molar-refractivity contribution in [1.29, 1.82) is 0 Å². The highest BCUT2D eigenvalue weighted by atomic mass is 32.2. The van der Waals surface area contributed by atoms with Crippen molar-refractivity contribution in [3.63, 3.8) is 0 Å². The Morgan fingerprint density at radius 1 is 1.00 bits per heavy atom. The van der Waals surface area contributed by atoms with Gasteiger partial charge in [-0.15, -0.1) is 0 Å². The molecule has 16 heteroatoms. The second-order valence-electron chi connectivity index (χ2n) is 11.3. The molecule has 0 saturated carbocycles. The van der Waals surface area contributed by atoms with E-state index in [1.165, 1.54) is 4.31 Å². The Balaban J connectivity index is 1.60. The third kappa shape index (κ3) is 7.47. The maximum atomic E-state index is 14.5. The van der Waals surface area contributed by atoms with Crippen molar-refractivity contribution < 1.29 is 44.6 Å². The minimum absolute atomic E-state index is 0.0633. The Bertz CT molecular complexity index is 1550. The van der Waals surface area contributed by atoms with Crippen LogP contribution in [0.5, 0.6) is 0 Å². The molecule has 3 unspecified atom stereocenters. The van der Waals surface area contributed by atoms with Crippen LogP contribution in [0.1, 0.15) is 27.8 Å². The molecule has 3 heterocycles. The lowest BCUT2D eigenvalue weighted by molar-refractivity contribution is -0.793. The number of sulfonamides is 1. The summed E-state index contributed by atoms with van der Waals surface area (Å²) in [6.07, 6.45) is -8.62. The third-order valence-corrected chi connectivity index (χ3v) is 9.46. The molecule has 5 rings (SSSR count). The van der Waals surface area contributed by atoms with E-state index in [1.807, 2.05) is 4.90 Å². The van der Waals surface area contributed by atoms with Crippen LogP contribution < -0.4 is 15.7 Å². The molecule has 3 N–H and O–H groups in total. The fourth-order valence-electron chi connectivity index (χ4n) is 5.81. The number of rotatable bonds is 5. The largest absolute Gasteiger partial charge is 0.628 e. The first-order valence-electron chi connectivity index (χ1n) is 14.2. The monoisotopic (exact) mass is 661 g/mol. The van der Waals surface area contributed by atoms with Crippen molar-refractivity contribution in [3.05, 3.63) is 93.0 Å². The molecule has 45 heavy (non-hydrogen) atoms. The molecular formula is C29H33F6N5O4S. The smallest absolute Gasteiger partial charge is 0.416 e. The summed E-state index contributed by atoms with van der Waals surface area (Å²) in [6, 6.07) is 7.19. The van der Waals surface area contributed by atoms with Gasteiger partial charge in [-0.3, -0.25) is 10.2 Å². The summed E-state index contributed by atoms with van der Waals surface area (Å²) in [7, 11) is -3.42. The average molecular weight is 662 g/mol. The van der Waals surface area contributed by atoms with Crippen molar-refractivity contribution in [1.82, 2.24) is 19.8 Å². The highest BCUT2D eigenvalue weighted by Crippen LogP contribution is 2.37. The third-order valence-electron chi connectivity index (χ3n) is 8.16. The molecule has 3 aliphatic heterocycles.